The van der Waals surface area contributed by atoms with E-state index in [1.807, 2.05) is 0 Å². The van der Waals surface area contributed by atoms with Crippen molar-refractivity contribution in [3.8, 4) is 11.3 Å². The molecule has 166 valence electrons. The maximum atomic E-state index is 14.4. The number of halogens is 4. The maximum Gasteiger partial charge on any atom is 0.259 e. The lowest BCUT2D eigenvalue weighted by atomic mass is 10.0. The van der Waals surface area contributed by atoms with Crippen LogP contribution in [0.25, 0.3) is 11.3 Å². The fourth-order valence-electron chi connectivity index (χ4n) is 3.62. The smallest absolute Gasteiger partial charge is 0.259 e. The average Bonchev–Trinajstić information content (AvgIpc) is 3.15. The number of nitrogens with zero attached hydrogens (tertiary/aromatic N) is 3. The Bertz CT molecular complexity index is 1190. The largest absolute Gasteiger partial charge is 0.360 e. The standard InChI is InChI=1S/C22H17Cl2F2N3O3/c1-12-18(20(27-32-12)19-15(24)3-2-4-17(19)26)22(31)29-9-7-28(8-10-29)21(30)14-11-13(23)5-6-16(14)25/h2-6,11H,7-10H2,1H3. The molecule has 32 heavy (non-hydrogen) atoms. The Morgan fingerprint density at radius 3 is 2.28 bits per heavy atom. The zero-order valence-corrected chi connectivity index (χ0v) is 18.4. The van der Waals surface area contributed by atoms with Crippen LogP contribution in [0, 0.1) is 18.6 Å². The first kappa shape index (κ1) is 22.2. The van der Waals surface area contributed by atoms with Crippen LogP contribution < -0.4 is 0 Å². The Balaban J connectivity index is 1.53. The molecule has 0 bridgehead atoms. The summed E-state index contributed by atoms with van der Waals surface area (Å²) in [5.74, 6) is -1.98. The van der Waals surface area contributed by atoms with Gasteiger partial charge >= 0.3 is 0 Å². The fourth-order valence-corrected chi connectivity index (χ4v) is 4.05. The van der Waals surface area contributed by atoms with E-state index < -0.39 is 23.4 Å². The minimum Gasteiger partial charge on any atom is -0.360 e. The van der Waals surface area contributed by atoms with E-state index in [1.54, 1.807) is 6.92 Å². The third-order valence-electron chi connectivity index (χ3n) is 5.29. The van der Waals surface area contributed by atoms with E-state index in [2.05, 4.69) is 5.16 Å². The summed E-state index contributed by atoms with van der Waals surface area (Å²) in [5, 5.41) is 4.22. The predicted octanol–water partition coefficient (Wildman–Crippen LogP) is 4.83. The topological polar surface area (TPSA) is 66.7 Å². The molecule has 0 spiro atoms. The molecule has 6 nitrogen and oxygen atoms in total. The van der Waals surface area contributed by atoms with Gasteiger partial charge in [-0.25, -0.2) is 8.78 Å². The second-order valence-corrected chi connectivity index (χ2v) is 8.11. The van der Waals surface area contributed by atoms with Gasteiger partial charge in [0.1, 0.15) is 28.7 Å². The molecular weight excluding hydrogens is 463 g/mol. The molecule has 0 atom stereocenters. The van der Waals surface area contributed by atoms with Crippen molar-refractivity contribution in [1.29, 1.82) is 0 Å². The Morgan fingerprint density at radius 2 is 1.62 bits per heavy atom. The van der Waals surface area contributed by atoms with Gasteiger partial charge in [-0.05, 0) is 37.3 Å². The molecule has 0 radical (unpaired) electrons. The van der Waals surface area contributed by atoms with Crippen molar-refractivity contribution in [2.45, 2.75) is 6.92 Å². The van der Waals surface area contributed by atoms with Gasteiger partial charge in [-0.15, -0.1) is 0 Å². The number of rotatable bonds is 3. The third kappa shape index (κ3) is 4.08. The van der Waals surface area contributed by atoms with Crippen LogP contribution in [-0.2, 0) is 0 Å². The van der Waals surface area contributed by atoms with E-state index in [1.165, 1.54) is 40.1 Å². The molecule has 0 unspecified atom stereocenters. The minimum atomic E-state index is -0.663. The van der Waals surface area contributed by atoms with Crippen molar-refractivity contribution < 1.29 is 22.9 Å². The van der Waals surface area contributed by atoms with Gasteiger partial charge in [0.2, 0.25) is 0 Å². The first-order valence-electron chi connectivity index (χ1n) is 9.72. The zero-order valence-electron chi connectivity index (χ0n) is 16.9. The molecule has 0 N–H and O–H groups in total. The molecule has 2 amide bonds. The summed E-state index contributed by atoms with van der Waals surface area (Å²) in [4.78, 5) is 28.9. The number of benzene rings is 2. The lowest BCUT2D eigenvalue weighted by molar-refractivity contribution is 0.0532. The number of amides is 2. The van der Waals surface area contributed by atoms with Gasteiger partial charge in [-0.1, -0.05) is 34.4 Å². The third-order valence-corrected chi connectivity index (χ3v) is 5.84. The van der Waals surface area contributed by atoms with Crippen LogP contribution in [0.3, 0.4) is 0 Å². The van der Waals surface area contributed by atoms with Crippen LogP contribution in [0.2, 0.25) is 10.0 Å². The molecule has 0 saturated carbocycles. The molecule has 1 aromatic heterocycles. The first-order chi connectivity index (χ1) is 15.3. The Hall–Kier alpha value is -2.97. The van der Waals surface area contributed by atoms with Gasteiger partial charge in [-0.2, -0.15) is 0 Å². The number of carbonyl (C=O) groups excluding carboxylic acids is 2. The van der Waals surface area contributed by atoms with Crippen molar-refractivity contribution in [3.05, 3.63) is 75.0 Å². The summed E-state index contributed by atoms with van der Waals surface area (Å²) in [5.41, 5.74) is -0.00369. The molecular formula is C22H17Cl2F2N3O3. The van der Waals surface area contributed by atoms with Crippen LogP contribution in [0.1, 0.15) is 26.5 Å². The number of piperazine rings is 1. The summed E-state index contributed by atoms with van der Waals surface area (Å²) in [6, 6.07) is 7.96. The molecule has 1 fully saturated rings. The second-order valence-electron chi connectivity index (χ2n) is 7.27. The summed E-state index contributed by atoms with van der Waals surface area (Å²) in [6.07, 6.45) is 0. The van der Waals surface area contributed by atoms with Crippen molar-refractivity contribution in [3.63, 3.8) is 0 Å². The number of hydrogen-bond acceptors (Lipinski definition) is 4. The van der Waals surface area contributed by atoms with Crippen LogP contribution in [0.5, 0.6) is 0 Å². The van der Waals surface area contributed by atoms with Gasteiger partial charge in [0.25, 0.3) is 11.8 Å². The van der Waals surface area contributed by atoms with E-state index in [0.717, 1.165) is 6.07 Å². The Morgan fingerprint density at radius 1 is 0.969 bits per heavy atom. The van der Waals surface area contributed by atoms with E-state index in [4.69, 9.17) is 27.7 Å². The highest BCUT2D eigenvalue weighted by Gasteiger charge is 2.32. The molecule has 2 aromatic carbocycles. The lowest BCUT2D eigenvalue weighted by Gasteiger charge is -2.34. The molecule has 2 heterocycles. The van der Waals surface area contributed by atoms with Crippen LogP contribution in [0.15, 0.2) is 40.9 Å². The summed E-state index contributed by atoms with van der Waals surface area (Å²) < 4.78 is 33.6. The van der Waals surface area contributed by atoms with Crippen LogP contribution in [0.4, 0.5) is 8.78 Å². The molecule has 1 aliphatic rings. The lowest BCUT2D eigenvalue weighted by Crippen LogP contribution is -2.50. The summed E-state index contributed by atoms with van der Waals surface area (Å²) in [6.45, 7) is 2.33. The normalized spacial score (nSPS) is 14.0. The number of carbonyl (C=O) groups is 2. The number of aromatic nitrogens is 1. The second kappa shape index (κ2) is 8.88. The molecule has 4 rings (SSSR count). The van der Waals surface area contributed by atoms with Crippen molar-refractivity contribution >= 4 is 35.0 Å². The Labute approximate surface area is 192 Å². The van der Waals surface area contributed by atoms with Crippen LogP contribution in [-0.4, -0.2) is 52.9 Å². The van der Waals surface area contributed by atoms with Crippen molar-refractivity contribution in [1.82, 2.24) is 15.0 Å². The van der Waals surface area contributed by atoms with Crippen molar-refractivity contribution in [2.24, 2.45) is 0 Å². The van der Waals surface area contributed by atoms with Gasteiger partial charge < -0.3 is 14.3 Å². The van der Waals surface area contributed by atoms with Crippen LogP contribution >= 0.6 is 23.2 Å². The van der Waals surface area contributed by atoms with Gasteiger partial charge in [0.05, 0.1) is 16.1 Å². The fraction of sp³-hybridized carbons (Fsp3) is 0.227. The van der Waals surface area contributed by atoms with Gasteiger partial charge in [-0.3, -0.25) is 9.59 Å². The highest BCUT2D eigenvalue weighted by atomic mass is 35.5. The predicted molar refractivity (Wildman–Crippen MR) is 115 cm³/mol. The molecule has 0 aliphatic carbocycles. The number of hydrogen-bond donors (Lipinski definition) is 0. The first-order valence-corrected chi connectivity index (χ1v) is 10.5. The highest BCUT2D eigenvalue weighted by molar-refractivity contribution is 6.33. The quantitative estimate of drug-likeness (QED) is 0.539. The van der Waals surface area contributed by atoms with E-state index in [0.29, 0.717) is 0 Å². The van der Waals surface area contributed by atoms with E-state index >= 15 is 0 Å². The SMILES string of the molecule is Cc1onc(-c2c(F)cccc2Cl)c1C(=O)N1CCN(C(=O)c2cc(Cl)ccc2F)CC1. The maximum absolute atomic E-state index is 14.4. The zero-order chi connectivity index (χ0) is 23.0. The minimum absolute atomic E-state index is 0.0142. The van der Waals surface area contributed by atoms with Gasteiger partial charge in [0, 0.05) is 31.2 Å². The molecule has 10 heteroatoms. The monoisotopic (exact) mass is 479 g/mol. The molecule has 1 saturated heterocycles. The molecule has 3 aromatic rings. The summed E-state index contributed by atoms with van der Waals surface area (Å²) >= 11 is 12.0. The van der Waals surface area contributed by atoms with E-state index in [-0.39, 0.29) is 64.4 Å². The Kier molecular flexibility index (Phi) is 6.17. The van der Waals surface area contributed by atoms with Gasteiger partial charge in [0.15, 0.2) is 0 Å². The summed E-state index contributed by atoms with van der Waals surface area (Å²) in [7, 11) is 0. The van der Waals surface area contributed by atoms with Crippen molar-refractivity contribution in [2.75, 3.05) is 26.2 Å². The van der Waals surface area contributed by atoms with E-state index in [9.17, 15) is 18.4 Å². The highest BCUT2D eigenvalue weighted by Crippen LogP contribution is 2.34. The number of aryl methyl sites for hydroxylation is 1. The molecule has 1 aliphatic heterocycles. The average molecular weight is 480 g/mol.